The molecule has 3 aromatic rings. The number of anilines is 1. The zero-order chi connectivity index (χ0) is 20.9. The second kappa shape index (κ2) is 6.80. The SMILES string of the molecule is Cc1ccc([NH])cc1-c1cc(NC(=O)C2(c3ccc4c(c3)OCO4)CC2)ccc1C. The first-order valence-electron chi connectivity index (χ1n) is 10.1. The number of hydrogen-bond acceptors (Lipinski definition) is 3. The molecule has 1 saturated carbocycles. The second-order valence-corrected chi connectivity index (χ2v) is 8.16. The summed E-state index contributed by atoms with van der Waals surface area (Å²) in [5, 5.41) is 3.12. The van der Waals surface area contributed by atoms with Crippen LogP contribution in [0.2, 0.25) is 0 Å². The molecule has 0 bridgehead atoms. The summed E-state index contributed by atoms with van der Waals surface area (Å²) in [5.74, 6) is 1.43. The summed E-state index contributed by atoms with van der Waals surface area (Å²) in [6.07, 6.45) is 1.63. The fourth-order valence-corrected chi connectivity index (χ4v) is 4.12. The van der Waals surface area contributed by atoms with Crippen LogP contribution in [0.25, 0.3) is 11.1 Å². The minimum absolute atomic E-state index is 0.00197. The Labute approximate surface area is 175 Å². The normalized spacial score (nSPS) is 15.7. The Morgan fingerprint density at radius 1 is 0.900 bits per heavy atom. The van der Waals surface area contributed by atoms with E-state index in [0.29, 0.717) is 11.4 Å². The van der Waals surface area contributed by atoms with Crippen molar-refractivity contribution >= 4 is 17.3 Å². The highest BCUT2D eigenvalue weighted by molar-refractivity contribution is 6.02. The van der Waals surface area contributed by atoms with Crippen molar-refractivity contribution in [1.29, 1.82) is 0 Å². The van der Waals surface area contributed by atoms with Gasteiger partial charge in [-0.3, -0.25) is 4.79 Å². The van der Waals surface area contributed by atoms with Gasteiger partial charge in [-0.1, -0.05) is 18.2 Å². The number of ether oxygens (including phenoxy) is 2. The van der Waals surface area contributed by atoms with Crippen LogP contribution in [-0.2, 0) is 10.2 Å². The van der Waals surface area contributed by atoms with Crippen LogP contribution < -0.4 is 20.5 Å². The van der Waals surface area contributed by atoms with Crippen LogP contribution in [0.3, 0.4) is 0 Å². The molecular weight excluding hydrogens is 376 g/mol. The molecular formula is C25H23N2O3. The smallest absolute Gasteiger partial charge is 0.235 e. The van der Waals surface area contributed by atoms with E-state index in [0.717, 1.165) is 52.1 Å². The third kappa shape index (κ3) is 3.07. The average Bonchev–Trinajstić information content (AvgIpc) is 3.42. The molecule has 2 N–H and O–H groups in total. The van der Waals surface area contributed by atoms with Gasteiger partial charge in [0, 0.05) is 5.69 Å². The summed E-state index contributed by atoms with van der Waals surface area (Å²) in [4.78, 5) is 13.2. The minimum Gasteiger partial charge on any atom is -0.454 e. The van der Waals surface area contributed by atoms with Gasteiger partial charge in [-0.25, -0.2) is 0 Å². The van der Waals surface area contributed by atoms with E-state index in [4.69, 9.17) is 15.2 Å². The number of amides is 1. The average molecular weight is 399 g/mol. The van der Waals surface area contributed by atoms with Crippen LogP contribution in [0.1, 0.15) is 29.5 Å². The molecule has 3 aromatic carbocycles. The van der Waals surface area contributed by atoms with E-state index >= 15 is 0 Å². The largest absolute Gasteiger partial charge is 0.454 e. The van der Waals surface area contributed by atoms with Crippen LogP contribution in [0, 0.1) is 13.8 Å². The fourth-order valence-electron chi connectivity index (χ4n) is 4.12. The van der Waals surface area contributed by atoms with Gasteiger partial charge < -0.3 is 20.5 Å². The topological polar surface area (TPSA) is 71.4 Å². The summed E-state index contributed by atoms with van der Waals surface area (Å²) < 4.78 is 10.9. The molecule has 1 amide bonds. The number of fused-ring (bicyclic) bond motifs is 1. The highest BCUT2D eigenvalue weighted by atomic mass is 16.7. The number of nitrogens with one attached hydrogen (secondary N) is 2. The lowest BCUT2D eigenvalue weighted by atomic mass is 9.93. The number of rotatable bonds is 4. The van der Waals surface area contributed by atoms with Crippen LogP contribution >= 0.6 is 0 Å². The quantitative estimate of drug-likeness (QED) is 0.648. The van der Waals surface area contributed by atoms with E-state index in [9.17, 15) is 4.79 Å². The molecule has 0 atom stereocenters. The molecule has 5 nitrogen and oxygen atoms in total. The van der Waals surface area contributed by atoms with Crippen molar-refractivity contribution < 1.29 is 14.3 Å². The molecule has 1 radical (unpaired) electrons. The Balaban J connectivity index is 1.43. The van der Waals surface area contributed by atoms with Gasteiger partial charge in [0.1, 0.15) is 0 Å². The highest BCUT2D eigenvalue weighted by Crippen LogP contribution is 2.51. The number of benzene rings is 3. The molecule has 0 spiro atoms. The third-order valence-electron chi connectivity index (χ3n) is 6.13. The molecule has 30 heavy (non-hydrogen) atoms. The van der Waals surface area contributed by atoms with E-state index in [1.165, 1.54) is 0 Å². The molecule has 0 saturated heterocycles. The van der Waals surface area contributed by atoms with Gasteiger partial charge >= 0.3 is 0 Å². The first-order chi connectivity index (χ1) is 14.5. The molecule has 1 aliphatic carbocycles. The number of carbonyl (C=O) groups is 1. The van der Waals surface area contributed by atoms with Crippen molar-refractivity contribution in [2.24, 2.45) is 0 Å². The number of hydrogen-bond donors (Lipinski definition) is 1. The van der Waals surface area contributed by atoms with Crippen LogP contribution in [0.5, 0.6) is 11.5 Å². The fraction of sp³-hybridized carbons (Fsp3) is 0.240. The van der Waals surface area contributed by atoms with Gasteiger partial charge in [0.15, 0.2) is 11.5 Å². The lowest BCUT2D eigenvalue weighted by Crippen LogP contribution is -2.27. The monoisotopic (exact) mass is 399 g/mol. The lowest BCUT2D eigenvalue weighted by Gasteiger charge is -2.18. The van der Waals surface area contributed by atoms with E-state index in [1.807, 2.05) is 62.4 Å². The molecule has 2 aliphatic rings. The van der Waals surface area contributed by atoms with Crippen molar-refractivity contribution in [1.82, 2.24) is 5.73 Å². The first kappa shape index (κ1) is 18.6. The summed E-state index contributed by atoms with van der Waals surface area (Å²) in [5.41, 5.74) is 13.9. The Kier molecular flexibility index (Phi) is 4.21. The van der Waals surface area contributed by atoms with Gasteiger partial charge in [-0.15, -0.1) is 0 Å². The predicted octanol–water partition coefficient (Wildman–Crippen LogP) is 5.28. The van der Waals surface area contributed by atoms with Crippen molar-refractivity contribution in [3.63, 3.8) is 0 Å². The van der Waals surface area contributed by atoms with Gasteiger partial charge in [-0.2, -0.15) is 0 Å². The van der Waals surface area contributed by atoms with E-state index in [1.54, 1.807) is 6.07 Å². The molecule has 0 aromatic heterocycles. The maximum absolute atomic E-state index is 13.2. The van der Waals surface area contributed by atoms with Crippen molar-refractivity contribution in [2.75, 3.05) is 12.1 Å². The van der Waals surface area contributed by atoms with Crippen LogP contribution in [0.15, 0.2) is 54.6 Å². The van der Waals surface area contributed by atoms with E-state index in [-0.39, 0.29) is 12.7 Å². The van der Waals surface area contributed by atoms with Crippen molar-refractivity contribution in [3.8, 4) is 22.6 Å². The zero-order valence-corrected chi connectivity index (χ0v) is 17.0. The summed E-state index contributed by atoms with van der Waals surface area (Å²) in [7, 11) is 0. The molecule has 1 fully saturated rings. The molecule has 151 valence electrons. The molecule has 5 heteroatoms. The summed E-state index contributed by atoms with van der Waals surface area (Å²) in [6.45, 7) is 4.31. The second-order valence-electron chi connectivity index (χ2n) is 8.16. The summed E-state index contributed by atoms with van der Waals surface area (Å²) in [6, 6.07) is 17.4. The van der Waals surface area contributed by atoms with Crippen LogP contribution in [0.4, 0.5) is 11.4 Å². The van der Waals surface area contributed by atoms with Crippen LogP contribution in [-0.4, -0.2) is 12.7 Å². The van der Waals surface area contributed by atoms with Crippen molar-refractivity contribution in [2.45, 2.75) is 32.1 Å². The van der Waals surface area contributed by atoms with Gasteiger partial charge in [-0.05, 0) is 90.9 Å². The Morgan fingerprint density at radius 2 is 1.60 bits per heavy atom. The zero-order valence-electron chi connectivity index (χ0n) is 17.0. The lowest BCUT2D eigenvalue weighted by molar-refractivity contribution is -0.118. The van der Waals surface area contributed by atoms with Gasteiger partial charge in [0.05, 0.1) is 11.1 Å². The maximum Gasteiger partial charge on any atom is 0.235 e. The molecule has 5 rings (SSSR count). The molecule has 1 heterocycles. The predicted molar refractivity (Wildman–Crippen MR) is 116 cm³/mol. The number of carbonyl (C=O) groups excluding carboxylic acids is 1. The Bertz CT molecular complexity index is 1170. The maximum atomic E-state index is 13.2. The standard InChI is InChI=1S/C25H23N2O3/c1-15-3-6-18(26)12-20(15)21-13-19(7-4-16(21)2)27-24(28)25(9-10-25)17-5-8-22-23(11-17)30-14-29-22/h3-8,11-13,26H,9-10,14H2,1-2H3,(H,27,28). The highest BCUT2D eigenvalue weighted by Gasteiger charge is 2.51. The van der Waals surface area contributed by atoms with Gasteiger partial charge in [0.25, 0.3) is 0 Å². The van der Waals surface area contributed by atoms with Gasteiger partial charge in [0.2, 0.25) is 12.7 Å². The Morgan fingerprint density at radius 3 is 2.37 bits per heavy atom. The molecule has 0 unspecified atom stereocenters. The van der Waals surface area contributed by atoms with E-state index in [2.05, 4.69) is 5.32 Å². The molecule has 1 aliphatic heterocycles. The first-order valence-corrected chi connectivity index (χ1v) is 10.1. The number of aryl methyl sites for hydroxylation is 2. The summed E-state index contributed by atoms with van der Waals surface area (Å²) >= 11 is 0. The van der Waals surface area contributed by atoms with Crippen molar-refractivity contribution in [3.05, 3.63) is 71.3 Å². The minimum atomic E-state index is -0.511. The Hall–Kier alpha value is -3.47. The van der Waals surface area contributed by atoms with E-state index < -0.39 is 5.41 Å². The third-order valence-corrected chi connectivity index (χ3v) is 6.13.